The van der Waals surface area contributed by atoms with Crippen LogP contribution in [-0.2, 0) is 9.53 Å². The topological polar surface area (TPSA) is 55.6 Å². The zero-order valence-corrected chi connectivity index (χ0v) is 8.32. The Hall–Kier alpha value is -0.610. The third kappa shape index (κ3) is 2.97. The molecule has 1 fully saturated rings. The average molecular weight is 186 g/mol. The molecule has 0 aromatic rings. The average Bonchev–Trinajstić information content (AvgIpc) is 2.03. The Kier molecular flexibility index (Phi) is 3.69. The van der Waals surface area contributed by atoms with Gasteiger partial charge in [0.2, 0.25) is 5.91 Å². The number of morpholine rings is 1. The van der Waals surface area contributed by atoms with Crippen LogP contribution in [0.15, 0.2) is 0 Å². The number of carbonyl (C=O) groups excluding carboxylic acids is 1. The molecule has 0 aromatic heterocycles. The van der Waals surface area contributed by atoms with Gasteiger partial charge in [-0.05, 0) is 13.8 Å². The summed E-state index contributed by atoms with van der Waals surface area (Å²) in [6, 6.07) is 0.625. The van der Waals surface area contributed by atoms with Crippen molar-refractivity contribution >= 4 is 5.91 Å². The van der Waals surface area contributed by atoms with E-state index in [2.05, 4.69) is 18.7 Å². The number of primary amides is 1. The van der Waals surface area contributed by atoms with Gasteiger partial charge in [0.05, 0.1) is 13.2 Å². The van der Waals surface area contributed by atoms with Gasteiger partial charge in [-0.2, -0.15) is 0 Å². The fourth-order valence-corrected chi connectivity index (χ4v) is 1.76. The Morgan fingerprint density at radius 2 is 2.38 bits per heavy atom. The highest BCUT2D eigenvalue weighted by molar-refractivity contribution is 5.74. The Morgan fingerprint density at radius 1 is 1.69 bits per heavy atom. The first-order chi connectivity index (χ1) is 6.11. The molecule has 1 unspecified atom stereocenters. The van der Waals surface area contributed by atoms with Crippen molar-refractivity contribution in [2.24, 2.45) is 5.73 Å². The van der Waals surface area contributed by atoms with Gasteiger partial charge in [-0.3, -0.25) is 9.69 Å². The largest absolute Gasteiger partial charge is 0.378 e. The fourth-order valence-electron chi connectivity index (χ4n) is 1.76. The lowest BCUT2D eigenvalue weighted by molar-refractivity contribution is -0.121. The van der Waals surface area contributed by atoms with Crippen LogP contribution in [0.5, 0.6) is 0 Å². The lowest BCUT2D eigenvalue weighted by atomic mass is 10.1. The molecule has 1 heterocycles. The van der Waals surface area contributed by atoms with Crippen LogP contribution < -0.4 is 5.73 Å². The van der Waals surface area contributed by atoms with E-state index in [-0.39, 0.29) is 11.9 Å². The van der Waals surface area contributed by atoms with E-state index in [1.165, 1.54) is 0 Å². The highest BCUT2D eigenvalue weighted by Gasteiger charge is 2.26. The van der Waals surface area contributed by atoms with E-state index in [0.29, 0.717) is 19.1 Å². The van der Waals surface area contributed by atoms with Crippen LogP contribution in [0.25, 0.3) is 0 Å². The predicted octanol–water partition coefficient (Wildman–Crippen LogP) is -0.0290. The molecule has 4 heteroatoms. The number of nitrogens with two attached hydrogens (primary N) is 1. The zero-order chi connectivity index (χ0) is 9.84. The van der Waals surface area contributed by atoms with E-state index in [1.807, 2.05) is 0 Å². The van der Waals surface area contributed by atoms with E-state index < -0.39 is 0 Å². The van der Waals surface area contributed by atoms with Crippen LogP contribution in [0.2, 0.25) is 0 Å². The van der Waals surface area contributed by atoms with Crippen LogP contribution in [0.4, 0.5) is 0 Å². The van der Waals surface area contributed by atoms with E-state index in [0.717, 1.165) is 13.2 Å². The molecule has 1 aliphatic heterocycles. The number of hydrogen-bond acceptors (Lipinski definition) is 3. The number of ether oxygens (including phenoxy) is 1. The Balaban J connectivity index is 2.51. The molecule has 76 valence electrons. The van der Waals surface area contributed by atoms with Crippen LogP contribution in [0.1, 0.15) is 20.3 Å². The first-order valence-corrected chi connectivity index (χ1v) is 4.73. The van der Waals surface area contributed by atoms with Crippen molar-refractivity contribution in [2.75, 3.05) is 19.8 Å². The first-order valence-electron chi connectivity index (χ1n) is 4.73. The van der Waals surface area contributed by atoms with Crippen LogP contribution in [-0.4, -0.2) is 42.6 Å². The summed E-state index contributed by atoms with van der Waals surface area (Å²) in [5, 5.41) is 0. The van der Waals surface area contributed by atoms with Gasteiger partial charge in [0.15, 0.2) is 0 Å². The summed E-state index contributed by atoms with van der Waals surface area (Å²) in [5.74, 6) is -0.249. The fraction of sp³-hybridized carbons (Fsp3) is 0.889. The third-order valence-corrected chi connectivity index (χ3v) is 2.37. The number of rotatable bonds is 3. The summed E-state index contributed by atoms with van der Waals surface area (Å²) in [4.78, 5) is 13.0. The van der Waals surface area contributed by atoms with Gasteiger partial charge in [0.1, 0.15) is 0 Å². The van der Waals surface area contributed by atoms with Gasteiger partial charge >= 0.3 is 0 Å². The van der Waals surface area contributed by atoms with Gasteiger partial charge in [0, 0.05) is 25.0 Å². The quantitative estimate of drug-likeness (QED) is 0.673. The molecular weight excluding hydrogens is 168 g/mol. The minimum absolute atomic E-state index is 0.172. The van der Waals surface area contributed by atoms with Crippen molar-refractivity contribution in [3.63, 3.8) is 0 Å². The van der Waals surface area contributed by atoms with E-state index in [1.54, 1.807) is 0 Å². The molecular formula is C9H18N2O2. The van der Waals surface area contributed by atoms with Crippen molar-refractivity contribution < 1.29 is 9.53 Å². The van der Waals surface area contributed by atoms with Gasteiger partial charge in [-0.1, -0.05) is 0 Å². The van der Waals surface area contributed by atoms with Crippen molar-refractivity contribution in [3.05, 3.63) is 0 Å². The highest BCUT2D eigenvalue weighted by Crippen LogP contribution is 2.13. The maximum Gasteiger partial charge on any atom is 0.219 e. The van der Waals surface area contributed by atoms with Crippen molar-refractivity contribution in [1.82, 2.24) is 4.90 Å². The Morgan fingerprint density at radius 3 is 2.92 bits per heavy atom. The minimum atomic E-state index is -0.249. The summed E-state index contributed by atoms with van der Waals surface area (Å²) in [5.41, 5.74) is 5.16. The maximum atomic E-state index is 10.8. The molecule has 4 nitrogen and oxygen atoms in total. The van der Waals surface area contributed by atoms with Gasteiger partial charge < -0.3 is 10.5 Å². The summed E-state index contributed by atoms with van der Waals surface area (Å²) in [6.45, 7) is 6.53. The Labute approximate surface area is 79.0 Å². The zero-order valence-electron chi connectivity index (χ0n) is 8.32. The normalized spacial score (nSPS) is 25.0. The summed E-state index contributed by atoms with van der Waals surface area (Å²) >= 11 is 0. The molecule has 1 amide bonds. The van der Waals surface area contributed by atoms with E-state index in [9.17, 15) is 4.79 Å². The summed E-state index contributed by atoms with van der Waals surface area (Å²) in [6.07, 6.45) is 0.401. The third-order valence-electron chi connectivity index (χ3n) is 2.37. The Bertz CT molecular complexity index is 182. The second kappa shape index (κ2) is 4.58. The first kappa shape index (κ1) is 10.5. The maximum absolute atomic E-state index is 10.8. The molecule has 13 heavy (non-hydrogen) atoms. The summed E-state index contributed by atoms with van der Waals surface area (Å²) in [7, 11) is 0. The standard InChI is InChI=1S/C9H18N2O2/c1-7(2)11-3-4-13-6-8(11)5-9(10)12/h7-8H,3-6H2,1-2H3,(H2,10,12). The molecule has 0 bridgehead atoms. The second-order valence-electron chi connectivity index (χ2n) is 3.73. The molecule has 0 saturated carbocycles. The molecule has 0 aliphatic carbocycles. The van der Waals surface area contributed by atoms with Gasteiger partial charge in [-0.25, -0.2) is 0 Å². The molecule has 1 aliphatic rings. The lowest BCUT2D eigenvalue weighted by Gasteiger charge is -2.37. The molecule has 0 aromatic carbocycles. The van der Waals surface area contributed by atoms with Crippen LogP contribution in [0, 0.1) is 0 Å². The van der Waals surface area contributed by atoms with Crippen molar-refractivity contribution in [1.29, 1.82) is 0 Å². The summed E-state index contributed by atoms with van der Waals surface area (Å²) < 4.78 is 5.31. The van der Waals surface area contributed by atoms with Crippen LogP contribution >= 0.6 is 0 Å². The monoisotopic (exact) mass is 186 g/mol. The second-order valence-corrected chi connectivity index (χ2v) is 3.73. The molecule has 0 radical (unpaired) electrons. The van der Waals surface area contributed by atoms with Crippen molar-refractivity contribution in [2.45, 2.75) is 32.4 Å². The molecule has 1 rings (SSSR count). The number of carbonyl (C=O) groups is 1. The number of hydrogen-bond donors (Lipinski definition) is 1. The molecule has 1 atom stereocenters. The van der Waals surface area contributed by atoms with Crippen molar-refractivity contribution in [3.8, 4) is 0 Å². The lowest BCUT2D eigenvalue weighted by Crippen LogP contribution is -2.50. The molecule has 2 N–H and O–H groups in total. The van der Waals surface area contributed by atoms with E-state index >= 15 is 0 Å². The van der Waals surface area contributed by atoms with E-state index in [4.69, 9.17) is 10.5 Å². The number of amides is 1. The van der Waals surface area contributed by atoms with Crippen LogP contribution in [0.3, 0.4) is 0 Å². The minimum Gasteiger partial charge on any atom is -0.378 e. The number of nitrogens with zero attached hydrogens (tertiary/aromatic N) is 1. The highest BCUT2D eigenvalue weighted by atomic mass is 16.5. The van der Waals surface area contributed by atoms with Gasteiger partial charge in [-0.15, -0.1) is 0 Å². The smallest absolute Gasteiger partial charge is 0.219 e. The molecule has 0 spiro atoms. The predicted molar refractivity (Wildman–Crippen MR) is 50.3 cm³/mol. The SMILES string of the molecule is CC(C)N1CCOCC1CC(N)=O. The van der Waals surface area contributed by atoms with Gasteiger partial charge in [0.25, 0.3) is 0 Å². The molecule has 1 saturated heterocycles.